The van der Waals surface area contributed by atoms with Crippen LogP contribution >= 0.6 is 0 Å². The van der Waals surface area contributed by atoms with E-state index in [-0.39, 0.29) is 0 Å². The molecule has 3 nitrogen and oxygen atoms in total. The van der Waals surface area contributed by atoms with Crippen molar-refractivity contribution >= 4 is 0 Å². The molecule has 2 aliphatic carbocycles. The average Bonchev–Trinajstić information content (AvgIpc) is 3.23. The lowest BCUT2D eigenvalue weighted by Gasteiger charge is -2.50. The van der Waals surface area contributed by atoms with Gasteiger partial charge in [-0.25, -0.2) is 0 Å². The SMILES string of the molecule is CC(C)NCC1(c2ccc3c(c2)OCCO3)CC2(CC2)C1. The lowest BCUT2D eigenvalue weighted by molar-refractivity contribution is 0.112. The Kier molecular flexibility index (Phi) is 2.97. The van der Waals surface area contributed by atoms with Gasteiger partial charge in [-0.2, -0.15) is 0 Å². The highest BCUT2D eigenvalue weighted by molar-refractivity contribution is 5.47. The van der Waals surface area contributed by atoms with E-state index in [9.17, 15) is 0 Å². The van der Waals surface area contributed by atoms with Crippen molar-refractivity contribution in [2.45, 2.75) is 51.0 Å². The predicted molar refractivity (Wildman–Crippen MR) is 83.1 cm³/mol. The van der Waals surface area contributed by atoms with Crippen LogP contribution in [0.3, 0.4) is 0 Å². The van der Waals surface area contributed by atoms with Crippen LogP contribution in [-0.2, 0) is 5.41 Å². The summed E-state index contributed by atoms with van der Waals surface area (Å²) in [6.07, 6.45) is 5.53. The first kappa shape index (κ1) is 13.4. The van der Waals surface area contributed by atoms with Crippen LogP contribution < -0.4 is 14.8 Å². The molecule has 21 heavy (non-hydrogen) atoms. The molecule has 1 N–H and O–H groups in total. The third-order valence-corrected chi connectivity index (χ3v) is 5.39. The first-order chi connectivity index (χ1) is 10.1. The van der Waals surface area contributed by atoms with Crippen molar-refractivity contribution in [2.24, 2.45) is 5.41 Å². The smallest absolute Gasteiger partial charge is 0.161 e. The van der Waals surface area contributed by atoms with Gasteiger partial charge >= 0.3 is 0 Å². The van der Waals surface area contributed by atoms with Crippen molar-refractivity contribution in [2.75, 3.05) is 19.8 Å². The third kappa shape index (κ3) is 2.32. The molecular formula is C18H25NO2. The number of ether oxygens (including phenoxy) is 2. The van der Waals surface area contributed by atoms with Gasteiger partial charge < -0.3 is 14.8 Å². The van der Waals surface area contributed by atoms with E-state index >= 15 is 0 Å². The van der Waals surface area contributed by atoms with Gasteiger partial charge in [0.25, 0.3) is 0 Å². The van der Waals surface area contributed by atoms with E-state index in [1.165, 1.54) is 31.2 Å². The van der Waals surface area contributed by atoms with Crippen LogP contribution in [0.2, 0.25) is 0 Å². The van der Waals surface area contributed by atoms with Gasteiger partial charge in [-0.1, -0.05) is 19.9 Å². The average molecular weight is 287 g/mol. The molecule has 0 bridgehead atoms. The van der Waals surface area contributed by atoms with E-state index in [0.717, 1.165) is 18.0 Å². The Morgan fingerprint density at radius 1 is 1.10 bits per heavy atom. The van der Waals surface area contributed by atoms with E-state index < -0.39 is 0 Å². The lowest BCUT2D eigenvalue weighted by Crippen LogP contribution is -2.50. The van der Waals surface area contributed by atoms with Crippen LogP contribution in [0, 0.1) is 5.41 Å². The quantitative estimate of drug-likeness (QED) is 0.922. The zero-order chi connectivity index (χ0) is 14.5. The maximum Gasteiger partial charge on any atom is 0.161 e. The normalized spacial score (nSPS) is 24.0. The van der Waals surface area contributed by atoms with Gasteiger partial charge in [-0.05, 0) is 48.8 Å². The van der Waals surface area contributed by atoms with Gasteiger partial charge in [-0.3, -0.25) is 0 Å². The van der Waals surface area contributed by atoms with E-state index in [4.69, 9.17) is 9.47 Å². The van der Waals surface area contributed by atoms with E-state index in [1.807, 2.05) is 0 Å². The highest BCUT2D eigenvalue weighted by Crippen LogP contribution is 2.69. The molecule has 0 aromatic heterocycles. The van der Waals surface area contributed by atoms with Crippen LogP contribution in [0.25, 0.3) is 0 Å². The Bertz CT molecular complexity index is 540. The summed E-state index contributed by atoms with van der Waals surface area (Å²) >= 11 is 0. The largest absolute Gasteiger partial charge is 0.486 e. The molecule has 3 heteroatoms. The molecule has 4 rings (SSSR count). The zero-order valence-corrected chi connectivity index (χ0v) is 13.1. The van der Waals surface area contributed by atoms with Crippen molar-refractivity contribution < 1.29 is 9.47 Å². The first-order valence-electron chi connectivity index (χ1n) is 8.25. The Balaban J connectivity index is 1.61. The van der Waals surface area contributed by atoms with Crippen molar-refractivity contribution in [3.8, 4) is 11.5 Å². The molecular weight excluding hydrogens is 262 g/mol. The van der Waals surface area contributed by atoms with Gasteiger partial charge in [-0.15, -0.1) is 0 Å². The molecule has 2 fully saturated rings. The topological polar surface area (TPSA) is 30.5 Å². The van der Waals surface area contributed by atoms with Gasteiger partial charge in [0.15, 0.2) is 11.5 Å². The number of hydrogen-bond donors (Lipinski definition) is 1. The molecule has 3 aliphatic rings. The summed E-state index contributed by atoms with van der Waals surface area (Å²) in [4.78, 5) is 0. The summed E-state index contributed by atoms with van der Waals surface area (Å²) in [6, 6.07) is 7.12. The van der Waals surface area contributed by atoms with Crippen LogP contribution in [0.15, 0.2) is 18.2 Å². The molecule has 0 saturated heterocycles. The molecule has 1 aromatic rings. The number of hydrogen-bond acceptors (Lipinski definition) is 3. The Labute approximate surface area is 127 Å². The van der Waals surface area contributed by atoms with E-state index in [1.54, 1.807) is 0 Å². The monoisotopic (exact) mass is 287 g/mol. The molecule has 2 saturated carbocycles. The minimum absolute atomic E-state index is 0.302. The summed E-state index contributed by atoms with van der Waals surface area (Å²) in [6.45, 7) is 6.85. The summed E-state index contributed by atoms with van der Waals surface area (Å²) in [7, 11) is 0. The van der Waals surface area contributed by atoms with Crippen LogP contribution in [0.4, 0.5) is 0 Å². The first-order valence-corrected chi connectivity index (χ1v) is 8.25. The van der Waals surface area contributed by atoms with Gasteiger partial charge in [0.05, 0.1) is 0 Å². The number of rotatable bonds is 4. The van der Waals surface area contributed by atoms with Crippen LogP contribution in [0.1, 0.15) is 45.1 Å². The maximum absolute atomic E-state index is 5.78. The molecule has 114 valence electrons. The third-order valence-electron chi connectivity index (χ3n) is 5.39. The molecule has 0 radical (unpaired) electrons. The minimum Gasteiger partial charge on any atom is -0.486 e. The second kappa shape index (κ2) is 4.64. The predicted octanol–water partition coefficient (Wildman–Crippen LogP) is 3.27. The van der Waals surface area contributed by atoms with E-state index in [0.29, 0.717) is 30.1 Å². The minimum atomic E-state index is 0.302. The van der Waals surface area contributed by atoms with Crippen molar-refractivity contribution in [1.29, 1.82) is 0 Å². The standard InChI is InChI=1S/C18H25NO2/c1-13(2)19-12-18(10-17(11-18)5-6-17)14-3-4-15-16(9-14)21-8-7-20-15/h3-4,9,13,19H,5-8,10-12H2,1-2H3. The number of fused-ring (bicyclic) bond motifs is 1. The van der Waals surface area contributed by atoms with Gasteiger partial charge in [0, 0.05) is 18.0 Å². The Morgan fingerprint density at radius 2 is 1.81 bits per heavy atom. The Hall–Kier alpha value is -1.22. The highest BCUT2D eigenvalue weighted by Gasteiger charge is 2.61. The van der Waals surface area contributed by atoms with Crippen molar-refractivity contribution in [1.82, 2.24) is 5.32 Å². The summed E-state index contributed by atoms with van der Waals surface area (Å²) in [5, 5.41) is 3.66. The Morgan fingerprint density at radius 3 is 2.48 bits per heavy atom. The van der Waals surface area contributed by atoms with Crippen molar-refractivity contribution in [3.05, 3.63) is 23.8 Å². The van der Waals surface area contributed by atoms with Gasteiger partial charge in [0.2, 0.25) is 0 Å². The number of benzene rings is 1. The lowest BCUT2D eigenvalue weighted by atomic mass is 9.56. The molecule has 0 amide bonds. The molecule has 1 aliphatic heterocycles. The van der Waals surface area contributed by atoms with Crippen LogP contribution in [0.5, 0.6) is 11.5 Å². The molecule has 1 aromatic carbocycles. The summed E-state index contributed by atoms with van der Waals surface area (Å²) < 4.78 is 11.4. The fourth-order valence-corrected chi connectivity index (χ4v) is 4.12. The fraction of sp³-hybridized carbons (Fsp3) is 0.667. The molecule has 0 atom stereocenters. The molecule has 1 spiro atoms. The summed E-state index contributed by atoms with van der Waals surface area (Å²) in [5.74, 6) is 1.83. The second-order valence-electron chi connectivity index (χ2n) is 7.53. The van der Waals surface area contributed by atoms with Crippen molar-refractivity contribution in [3.63, 3.8) is 0 Å². The zero-order valence-electron chi connectivity index (χ0n) is 13.1. The number of nitrogens with one attached hydrogen (secondary N) is 1. The van der Waals surface area contributed by atoms with Crippen LogP contribution in [-0.4, -0.2) is 25.8 Å². The molecule has 0 unspecified atom stereocenters. The molecule has 1 heterocycles. The summed E-state index contributed by atoms with van der Waals surface area (Å²) in [5.41, 5.74) is 2.42. The highest BCUT2D eigenvalue weighted by atomic mass is 16.6. The van der Waals surface area contributed by atoms with E-state index in [2.05, 4.69) is 37.4 Å². The van der Waals surface area contributed by atoms with Gasteiger partial charge in [0.1, 0.15) is 13.2 Å². The maximum atomic E-state index is 5.78. The fourth-order valence-electron chi connectivity index (χ4n) is 4.12. The second-order valence-corrected chi connectivity index (χ2v) is 7.53.